The largest absolute Gasteiger partial charge is 0.355 e. The van der Waals surface area contributed by atoms with Gasteiger partial charge in [-0.15, -0.1) is 0 Å². The Labute approximate surface area is 135 Å². The Bertz CT molecular complexity index is 681. The quantitative estimate of drug-likeness (QED) is 0.880. The minimum Gasteiger partial charge on any atom is -0.355 e. The molecule has 0 bridgehead atoms. The molecule has 0 saturated carbocycles. The predicted molar refractivity (Wildman–Crippen MR) is 87.8 cm³/mol. The molecule has 6 nitrogen and oxygen atoms in total. The molecule has 2 rings (SSSR count). The third-order valence-corrected chi connectivity index (χ3v) is 3.33. The summed E-state index contributed by atoms with van der Waals surface area (Å²) >= 11 is 0. The normalized spacial score (nSPS) is 11.6. The number of nitrogens with zero attached hydrogens (tertiary/aromatic N) is 2. The summed E-state index contributed by atoms with van der Waals surface area (Å²) < 4.78 is 0. The van der Waals surface area contributed by atoms with E-state index >= 15 is 0 Å². The van der Waals surface area contributed by atoms with Crippen molar-refractivity contribution in [1.82, 2.24) is 20.8 Å². The van der Waals surface area contributed by atoms with Gasteiger partial charge in [0.15, 0.2) is 0 Å². The maximum Gasteiger partial charge on any atom is 0.251 e. The van der Waals surface area contributed by atoms with Crippen LogP contribution in [-0.4, -0.2) is 34.6 Å². The van der Waals surface area contributed by atoms with Crippen LogP contribution in [0, 0.1) is 6.92 Å². The molecule has 120 valence electrons. The fourth-order valence-corrected chi connectivity index (χ4v) is 2.02. The topological polar surface area (TPSA) is 84.0 Å². The van der Waals surface area contributed by atoms with E-state index in [1.807, 2.05) is 38.1 Å². The van der Waals surface area contributed by atoms with E-state index in [1.54, 1.807) is 19.1 Å². The predicted octanol–water partition coefficient (Wildman–Crippen LogP) is 1.71. The highest BCUT2D eigenvalue weighted by Gasteiger charge is 2.15. The van der Waals surface area contributed by atoms with Crippen molar-refractivity contribution < 1.29 is 9.59 Å². The van der Waals surface area contributed by atoms with Gasteiger partial charge in [-0.3, -0.25) is 9.59 Å². The molecule has 0 radical (unpaired) electrons. The van der Waals surface area contributed by atoms with Crippen LogP contribution in [0.25, 0.3) is 11.3 Å². The van der Waals surface area contributed by atoms with Gasteiger partial charge in [-0.05, 0) is 45.0 Å². The zero-order valence-electron chi connectivity index (χ0n) is 13.5. The monoisotopic (exact) mass is 312 g/mol. The molecule has 0 aliphatic rings. The molecule has 23 heavy (non-hydrogen) atoms. The van der Waals surface area contributed by atoms with Crippen LogP contribution >= 0.6 is 0 Å². The fraction of sp³-hybridized carbons (Fsp3) is 0.294. The summed E-state index contributed by atoms with van der Waals surface area (Å²) in [6, 6.07) is 10.2. The summed E-state index contributed by atoms with van der Waals surface area (Å²) in [5, 5.41) is 13.5. The second-order valence-corrected chi connectivity index (χ2v) is 5.23. The van der Waals surface area contributed by atoms with Gasteiger partial charge in [-0.1, -0.05) is 12.1 Å². The molecule has 0 spiro atoms. The van der Waals surface area contributed by atoms with Crippen molar-refractivity contribution in [1.29, 1.82) is 0 Å². The van der Waals surface area contributed by atoms with E-state index in [9.17, 15) is 9.59 Å². The van der Waals surface area contributed by atoms with Crippen molar-refractivity contribution in [3.05, 3.63) is 47.7 Å². The maximum absolute atomic E-state index is 12.1. The number of benzene rings is 1. The van der Waals surface area contributed by atoms with Crippen molar-refractivity contribution in [2.45, 2.75) is 26.8 Å². The van der Waals surface area contributed by atoms with Crippen LogP contribution in [0.2, 0.25) is 0 Å². The Balaban J connectivity index is 2.05. The average molecular weight is 312 g/mol. The third-order valence-electron chi connectivity index (χ3n) is 3.33. The number of aryl methyl sites for hydroxylation is 1. The molecule has 0 saturated heterocycles. The second-order valence-electron chi connectivity index (χ2n) is 5.23. The lowest BCUT2D eigenvalue weighted by molar-refractivity contribution is -0.122. The highest BCUT2D eigenvalue weighted by molar-refractivity contribution is 5.97. The SMILES string of the molecule is CCNC(=O)[C@@H](C)NC(=O)c1ccc(-c2ccc(C)nn2)cc1. The smallest absolute Gasteiger partial charge is 0.251 e. The minimum atomic E-state index is -0.579. The Morgan fingerprint density at radius 2 is 1.78 bits per heavy atom. The fourth-order valence-electron chi connectivity index (χ4n) is 2.02. The molecular formula is C17H20N4O2. The van der Waals surface area contributed by atoms with Gasteiger partial charge in [0.2, 0.25) is 5.91 Å². The van der Waals surface area contributed by atoms with Gasteiger partial charge in [-0.2, -0.15) is 10.2 Å². The van der Waals surface area contributed by atoms with E-state index < -0.39 is 6.04 Å². The highest BCUT2D eigenvalue weighted by atomic mass is 16.2. The molecule has 1 atom stereocenters. The molecule has 2 amide bonds. The zero-order chi connectivity index (χ0) is 16.8. The average Bonchev–Trinajstić information content (AvgIpc) is 2.56. The van der Waals surface area contributed by atoms with Gasteiger partial charge in [-0.25, -0.2) is 0 Å². The second kappa shape index (κ2) is 7.49. The van der Waals surface area contributed by atoms with Crippen LogP contribution in [0.3, 0.4) is 0 Å². The number of hydrogen-bond acceptors (Lipinski definition) is 4. The summed E-state index contributed by atoms with van der Waals surface area (Å²) in [7, 11) is 0. The van der Waals surface area contributed by atoms with E-state index in [4.69, 9.17) is 0 Å². The van der Waals surface area contributed by atoms with Crippen LogP contribution < -0.4 is 10.6 Å². The molecular weight excluding hydrogens is 292 g/mol. The van der Waals surface area contributed by atoms with Crippen LogP contribution in [0.1, 0.15) is 29.9 Å². The zero-order valence-corrected chi connectivity index (χ0v) is 13.5. The first-order chi connectivity index (χ1) is 11.0. The van der Waals surface area contributed by atoms with Gasteiger partial charge in [0.25, 0.3) is 5.91 Å². The van der Waals surface area contributed by atoms with Crippen LogP contribution in [-0.2, 0) is 4.79 Å². The molecule has 1 heterocycles. The summed E-state index contributed by atoms with van der Waals surface area (Å²) in [6.07, 6.45) is 0. The van der Waals surface area contributed by atoms with Crippen molar-refractivity contribution in [2.75, 3.05) is 6.54 Å². The Hall–Kier alpha value is -2.76. The number of rotatable bonds is 5. The highest BCUT2D eigenvalue weighted by Crippen LogP contribution is 2.16. The van der Waals surface area contributed by atoms with Crippen molar-refractivity contribution >= 4 is 11.8 Å². The molecule has 1 aromatic carbocycles. The summed E-state index contributed by atoms with van der Waals surface area (Å²) in [4.78, 5) is 23.8. The lowest BCUT2D eigenvalue weighted by Crippen LogP contribution is -2.44. The molecule has 0 unspecified atom stereocenters. The first-order valence-corrected chi connectivity index (χ1v) is 7.50. The molecule has 0 aliphatic carbocycles. The Morgan fingerprint density at radius 1 is 1.09 bits per heavy atom. The maximum atomic E-state index is 12.1. The summed E-state index contributed by atoms with van der Waals surface area (Å²) in [5.74, 6) is -0.488. The summed E-state index contributed by atoms with van der Waals surface area (Å²) in [5.41, 5.74) is 2.97. The lowest BCUT2D eigenvalue weighted by Gasteiger charge is -2.13. The number of nitrogens with one attached hydrogen (secondary N) is 2. The summed E-state index contributed by atoms with van der Waals surface area (Å²) in [6.45, 7) is 5.89. The van der Waals surface area contributed by atoms with Gasteiger partial charge >= 0.3 is 0 Å². The molecule has 0 aliphatic heterocycles. The number of aromatic nitrogens is 2. The van der Waals surface area contributed by atoms with E-state index in [2.05, 4.69) is 20.8 Å². The Morgan fingerprint density at radius 3 is 2.35 bits per heavy atom. The van der Waals surface area contributed by atoms with Crippen LogP contribution in [0.4, 0.5) is 0 Å². The first-order valence-electron chi connectivity index (χ1n) is 7.50. The van der Waals surface area contributed by atoms with Gasteiger partial charge in [0.05, 0.1) is 11.4 Å². The first kappa shape index (κ1) is 16.6. The molecule has 6 heteroatoms. The number of likely N-dealkylation sites (N-methyl/N-ethyl adjacent to an activating group) is 1. The standard InChI is InChI=1S/C17H20N4O2/c1-4-18-16(22)12(3)19-17(23)14-8-6-13(7-9-14)15-10-5-11(2)20-21-15/h5-10,12H,4H2,1-3H3,(H,18,22)(H,19,23)/t12-/m1/s1. The van der Waals surface area contributed by atoms with Crippen molar-refractivity contribution in [2.24, 2.45) is 0 Å². The molecule has 1 aromatic heterocycles. The van der Waals surface area contributed by atoms with E-state index in [1.165, 1.54) is 0 Å². The van der Waals surface area contributed by atoms with Gasteiger partial charge in [0, 0.05) is 17.7 Å². The third kappa shape index (κ3) is 4.35. The Kier molecular flexibility index (Phi) is 5.41. The number of hydrogen-bond donors (Lipinski definition) is 2. The van der Waals surface area contributed by atoms with E-state index in [0.717, 1.165) is 17.0 Å². The number of carbonyl (C=O) groups is 2. The van der Waals surface area contributed by atoms with Gasteiger partial charge < -0.3 is 10.6 Å². The number of carbonyl (C=O) groups excluding carboxylic acids is 2. The molecule has 2 aromatic rings. The molecule has 0 fully saturated rings. The van der Waals surface area contributed by atoms with Crippen molar-refractivity contribution in [3.63, 3.8) is 0 Å². The lowest BCUT2D eigenvalue weighted by atomic mass is 10.1. The number of amides is 2. The van der Waals surface area contributed by atoms with E-state index in [-0.39, 0.29) is 11.8 Å². The van der Waals surface area contributed by atoms with Crippen LogP contribution in [0.5, 0.6) is 0 Å². The van der Waals surface area contributed by atoms with Crippen molar-refractivity contribution in [3.8, 4) is 11.3 Å². The van der Waals surface area contributed by atoms with Gasteiger partial charge in [0.1, 0.15) is 6.04 Å². The molecule has 2 N–H and O–H groups in total. The van der Waals surface area contributed by atoms with E-state index in [0.29, 0.717) is 12.1 Å². The minimum absolute atomic E-state index is 0.201. The van der Waals surface area contributed by atoms with Crippen LogP contribution in [0.15, 0.2) is 36.4 Å².